The lowest BCUT2D eigenvalue weighted by atomic mass is 10.2. The minimum absolute atomic E-state index is 0.0504. The molecular formula is C25H20ClN3O7S2. The van der Waals surface area contributed by atoms with Gasteiger partial charge in [0.15, 0.2) is 16.3 Å². The molecule has 0 radical (unpaired) electrons. The van der Waals surface area contributed by atoms with Crippen molar-refractivity contribution in [2.75, 3.05) is 25.0 Å². The molecule has 1 aliphatic rings. The second-order valence-corrected chi connectivity index (χ2v) is 11.2. The molecule has 10 nitrogen and oxygen atoms in total. The van der Waals surface area contributed by atoms with E-state index in [1.54, 1.807) is 16.7 Å². The second-order valence-electron chi connectivity index (χ2n) is 8.06. The minimum Gasteiger partial charge on any atom is -0.486 e. The van der Waals surface area contributed by atoms with Crippen molar-refractivity contribution >= 4 is 60.7 Å². The first-order chi connectivity index (χ1) is 18.2. The average Bonchev–Trinajstić information content (AvgIpc) is 3.22. The molecular weight excluding hydrogens is 554 g/mol. The van der Waals surface area contributed by atoms with Crippen LogP contribution in [0.2, 0.25) is 5.02 Å². The number of amides is 1. The summed E-state index contributed by atoms with van der Waals surface area (Å²) in [5, 5.41) is 0.420. The van der Waals surface area contributed by atoms with Crippen molar-refractivity contribution in [3.63, 3.8) is 0 Å². The van der Waals surface area contributed by atoms with Gasteiger partial charge in [-0.2, -0.15) is 4.99 Å². The number of ether oxygens (including phenoxy) is 3. The van der Waals surface area contributed by atoms with Crippen LogP contribution < -0.4 is 19.0 Å². The fourth-order valence-electron chi connectivity index (χ4n) is 3.70. The molecule has 0 fully saturated rings. The number of hydrogen-bond acceptors (Lipinski definition) is 8. The third-order valence-corrected chi connectivity index (χ3v) is 8.26. The van der Waals surface area contributed by atoms with Gasteiger partial charge in [-0.1, -0.05) is 22.9 Å². The van der Waals surface area contributed by atoms with Gasteiger partial charge < -0.3 is 18.8 Å². The highest BCUT2D eigenvalue weighted by Crippen LogP contribution is 2.35. The van der Waals surface area contributed by atoms with Crippen LogP contribution in [0.3, 0.4) is 0 Å². The Morgan fingerprint density at radius 2 is 1.71 bits per heavy atom. The molecule has 0 saturated heterocycles. The van der Waals surface area contributed by atoms with Gasteiger partial charge in [0.2, 0.25) is 0 Å². The van der Waals surface area contributed by atoms with Crippen LogP contribution in [0.1, 0.15) is 10.4 Å². The number of anilines is 1. The van der Waals surface area contributed by atoms with Crippen LogP contribution in [0.5, 0.6) is 11.5 Å². The van der Waals surface area contributed by atoms with Crippen molar-refractivity contribution in [1.82, 2.24) is 4.57 Å². The smallest absolute Gasteiger partial charge is 0.325 e. The summed E-state index contributed by atoms with van der Waals surface area (Å²) in [6, 6.07) is 15.1. The summed E-state index contributed by atoms with van der Waals surface area (Å²) in [6.45, 7) is 0.669. The molecule has 1 N–H and O–H groups in total. The largest absolute Gasteiger partial charge is 0.486 e. The number of methoxy groups -OCH3 is 1. The predicted molar refractivity (Wildman–Crippen MR) is 141 cm³/mol. The van der Waals surface area contributed by atoms with Gasteiger partial charge in [0.25, 0.3) is 15.9 Å². The molecule has 38 heavy (non-hydrogen) atoms. The first-order valence-corrected chi connectivity index (χ1v) is 13.9. The number of thiazole rings is 1. The van der Waals surface area contributed by atoms with Gasteiger partial charge >= 0.3 is 5.97 Å². The molecule has 3 aromatic carbocycles. The van der Waals surface area contributed by atoms with E-state index in [-0.39, 0.29) is 27.5 Å². The summed E-state index contributed by atoms with van der Waals surface area (Å²) < 4.78 is 46.1. The number of carbonyl (C=O) groups is 2. The Kier molecular flexibility index (Phi) is 7.11. The van der Waals surface area contributed by atoms with Crippen LogP contribution in [-0.2, 0) is 26.1 Å². The van der Waals surface area contributed by atoms with Crippen molar-refractivity contribution in [1.29, 1.82) is 0 Å². The van der Waals surface area contributed by atoms with Gasteiger partial charge in [-0.3, -0.25) is 14.3 Å². The minimum atomic E-state index is -3.84. The van der Waals surface area contributed by atoms with E-state index in [0.29, 0.717) is 35.3 Å². The van der Waals surface area contributed by atoms with Crippen molar-refractivity contribution in [3.8, 4) is 11.5 Å². The van der Waals surface area contributed by atoms with Crippen LogP contribution in [0, 0.1) is 0 Å². The van der Waals surface area contributed by atoms with Gasteiger partial charge in [0.1, 0.15) is 19.8 Å². The van der Waals surface area contributed by atoms with Gasteiger partial charge in [-0.25, -0.2) is 8.42 Å². The topological polar surface area (TPSA) is 125 Å². The monoisotopic (exact) mass is 573 g/mol. The number of sulfonamides is 1. The summed E-state index contributed by atoms with van der Waals surface area (Å²) in [4.78, 5) is 29.7. The Morgan fingerprint density at radius 1 is 1.05 bits per heavy atom. The van der Waals surface area contributed by atoms with Crippen LogP contribution >= 0.6 is 22.9 Å². The molecule has 0 aliphatic carbocycles. The normalized spacial score (nSPS) is 13.4. The summed E-state index contributed by atoms with van der Waals surface area (Å²) in [5.41, 5.74) is 1.14. The van der Waals surface area contributed by atoms with E-state index >= 15 is 0 Å². The molecule has 2 heterocycles. The number of benzene rings is 3. The van der Waals surface area contributed by atoms with Gasteiger partial charge in [0, 0.05) is 28.4 Å². The highest BCUT2D eigenvalue weighted by molar-refractivity contribution is 7.92. The maximum absolute atomic E-state index is 13.0. The van der Waals surface area contributed by atoms with Gasteiger partial charge in [0.05, 0.1) is 22.2 Å². The zero-order valence-electron chi connectivity index (χ0n) is 19.8. The molecule has 13 heteroatoms. The quantitative estimate of drug-likeness (QED) is 0.347. The Morgan fingerprint density at radius 3 is 2.37 bits per heavy atom. The maximum atomic E-state index is 13.0. The fourth-order valence-corrected chi connectivity index (χ4v) is 5.92. The first kappa shape index (κ1) is 25.8. The van der Waals surface area contributed by atoms with Gasteiger partial charge in [-0.05, 0) is 48.5 Å². The lowest BCUT2D eigenvalue weighted by molar-refractivity contribution is -0.141. The number of aromatic nitrogens is 1. The predicted octanol–water partition coefficient (Wildman–Crippen LogP) is 3.84. The number of hydrogen-bond donors (Lipinski definition) is 1. The van der Waals surface area contributed by atoms with E-state index in [0.717, 1.165) is 4.70 Å². The number of nitrogens with one attached hydrogen (secondary N) is 1. The fraction of sp³-hybridized carbons (Fsp3) is 0.160. The SMILES string of the molecule is COC(=O)Cn1c(=NC(=O)c2ccc(NS(=O)(=O)c3ccc(Cl)cc3)cc2)sc2cc3c(cc21)OCCO3. The van der Waals surface area contributed by atoms with Crippen molar-refractivity contribution in [2.24, 2.45) is 4.99 Å². The molecule has 4 aromatic rings. The van der Waals surface area contributed by atoms with Crippen molar-refractivity contribution in [3.05, 3.63) is 76.1 Å². The molecule has 0 atom stereocenters. The van der Waals surface area contributed by atoms with Crippen LogP contribution in [0.25, 0.3) is 10.2 Å². The van der Waals surface area contributed by atoms with Gasteiger partial charge in [-0.15, -0.1) is 0 Å². The molecule has 0 unspecified atom stereocenters. The van der Waals surface area contributed by atoms with Crippen molar-refractivity contribution in [2.45, 2.75) is 11.4 Å². The lowest BCUT2D eigenvalue weighted by Gasteiger charge is -2.18. The third kappa shape index (κ3) is 5.37. The highest BCUT2D eigenvalue weighted by atomic mass is 35.5. The van der Waals surface area contributed by atoms with Crippen LogP contribution in [0.15, 0.2) is 70.6 Å². The Bertz CT molecular complexity index is 1710. The zero-order valence-corrected chi connectivity index (χ0v) is 22.2. The Hall–Kier alpha value is -3.87. The Labute approximate surface area is 226 Å². The number of nitrogens with zero attached hydrogens (tertiary/aromatic N) is 2. The van der Waals surface area contributed by atoms with Crippen LogP contribution in [-0.4, -0.2) is 45.2 Å². The molecule has 0 bridgehead atoms. The van der Waals surface area contributed by atoms with Crippen molar-refractivity contribution < 1.29 is 32.2 Å². The second kappa shape index (κ2) is 10.5. The summed E-state index contributed by atoms with van der Waals surface area (Å²) in [5.74, 6) is 0.0322. The molecule has 1 amide bonds. The molecule has 1 aromatic heterocycles. The summed E-state index contributed by atoms with van der Waals surface area (Å²) >= 11 is 7.04. The number of esters is 1. The summed E-state index contributed by atoms with van der Waals surface area (Å²) in [7, 11) is -2.56. The van der Waals surface area contributed by atoms with Crippen LogP contribution in [0.4, 0.5) is 5.69 Å². The third-order valence-electron chi connectivity index (χ3n) is 5.57. The standard InChI is InChI=1S/C25H20ClN3O7S2/c1-34-23(30)14-29-19-12-20-21(36-11-10-35-20)13-22(19)37-25(29)27-24(31)15-2-6-17(7-3-15)28-38(32,33)18-8-4-16(26)5-9-18/h2-9,12-13,28H,10-11,14H2,1H3. The molecule has 5 rings (SSSR count). The zero-order chi connectivity index (χ0) is 26.9. The van der Waals surface area contributed by atoms with E-state index in [4.69, 9.17) is 25.8 Å². The number of halogens is 1. The first-order valence-electron chi connectivity index (χ1n) is 11.2. The average molecular weight is 574 g/mol. The van der Waals surface area contributed by atoms with E-state index < -0.39 is 21.9 Å². The molecule has 196 valence electrons. The number of fused-ring (bicyclic) bond motifs is 2. The molecule has 0 spiro atoms. The molecule has 1 aliphatic heterocycles. The van der Waals surface area contributed by atoms with E-state index in [9.17, 15) is 18.0 Å². The van der Waals surface area contributed by atoms with E-state index in [1.165, 1.54) is 67.0 Å². The highest BCUT2D eigenvalue weighted by Gasteiger charge is 2.19. The van der Waals surface area contributed by atoms with E-state index in [1.807, 2.05) is 0 Å². The Balaban J connectivity index is 1.44. The molecule has 0 saturated carbocycles. The van der Waals surface area contributed by atoms with E-state index in [2.05, 4.69) is 9.71 Å². The number of rotatable bonds is 6. The lowest BCUT2D eigenvalue weighted by Crippen LogP contribution is -2.22. The maximum Gasteiger partial charge on any atom is 0.325 e. The summed E-state index contributed by atoms with van der Waals surface area (Å²) in [6.07, 6.45) is 0. The number of carbonyl (C=O) groups excluding carboxylic acids is 2.